The Kier molecular flexibility index (Phi) is 9.73. The fourth-order valence-electron chi connectivity index (χ4n) is 4.49. The van der Waals surface area contributed by atoms with E-state index in [1.54, 1.807) is 68.6 Å². The summed E-state index contributed by atoms with van der Waals surface area (Å²) >= 11 is 0. The van der Waals surface area contributed by atoms with Crippen LogP contribution in [0.1, 0.15) is 47.9 Å². The molecule has 0 aliphatic carbocycles. The van der Waals surface area contributed by atoms with Gasteiger partial charge in [-0.25, -0.2) is 0 Å². The van der Waals surface area contributed by atoms with Crippen molar-refractivity contribution in [3.63, 3.8) is 0 Å². The molecule has 0 bridgehead atoms. The molecule has 0 unspecified atom stereocenters. The molecule has 1 heterocycles. The first-order valence-corrected chi connectivity index (χ1v) is 12.5. The predicted molar refractivity (Wildman–Crippen MR) is 141 cm³/mol. The third-order valence-electron chi connectivity index (χ3n) is 6.68. The maximum absolute atomic E-state index is 13.4. The molecule has 0 saturated heterocycles. The Morgan fingerprint density at radius 3 is 2.61 bits per heavy atom. The van der Waals surface area contributed by atoms with Crippen LogP contribution in [0.2, 0.25) is 0 Å². The molecule has 2 amide bonds. The van der Waals surface area contributed by atoms with Crippen molar-refractivity contribution in [3.8, 4) is 11.5 Å². The van der Waals surface area contributed by atoms with Crippen molar-refractivity contribution in [1.82, 2.24) is 9.80 Å². The van der Waals surface area contributed by atoms with E-state index in [0.29, 0.717) is 41.5 Å². The summed E-state index contributed by atoms with van der Waals surface area (Å²) in [6.45, 7) is 9.16. The first kappa shape index (κ1) is 27.5. The van der Waals surface area contributed by atoms with Crippen LogP contribution in [0.15, 0.2) is 42.5 Å². The van der Waals surface area contributed by atoms with Gasteiger partial charge in [0.05, 0.1) is 18.8 Å². The van der Waals surface area contributed by atoms with E-state index in [1.165, 1.54) is 0 Å². The minimum Gasteiger partial charge on any atom is -0.497 e. The topological polar surface area (TPSA) is 80.3 Å². The zero-order valence-electron chi connectivity index (χ0n) is 22.2. The fraction of sp³-hybridized carbons (Fsp3) is 0.500. The van der Waals surface area contributed by atoms with Crippen molar-refractivity contribution in [3.05, 3.63) is 53.6 Å². The number of amides is 2. The van der Waals surface area contributed by atoms with E-state index in [2.05, 4.69) is 31.0 Å². The standard InChI is InChI=1S/C28H39N3O5/c1-7-13-31-16-19(2)26(35-6)17-30(4)28(33)24-12-11-22(15-25(24)36-18-20(31)3)29-27(32)21-9-8-10-23(14-21)34-5/h8-12,14-15,19-20,26H,7,13,16-18H2,1-6H3,(H,29,32)/t19-,20+,26-/m1/s1. The molecule has 0 radical (unpaired) electrons. The molecule has 1 aliphatic rings. The molecule has 2 aromatic rings. The average molecular weight is 498 g/mol. The van der Waals surface area contributed by atoms with E-state index >= 15 is 0 Å². The number of ether oxygens (including phenoxy) is 3. The van der Waals surface area contributed by atoms with Gasteiger partial charge < -0.3 is 24.4 Å². The number of nitrogens with one attached hydrogen (secondary N) is 1. The lowest BCUT2D eigenvalue weighted by Crippen LogP contribution is -2.46. The van der Waals surface area contributed by atoms with Gasteiger partial charge in [0.15, 0.2) is 0 Å². The van der Waals surface area contributed by atoms with Crippen molar-refractivity contribution in [2.45, 2.75) is 39.3 Å². The zero-order valence-corrected chi connectivity index (χ0v) is 22.2. The molecular formula is C28H39N3O5. The quantitative estimate of drug-likeness (QED) is 0.646. The number of benzene rings is 2. The summed E-state index contributed by atoms with van der Waals surface area (Å²) in [5.74, 6) is 0.869. The van der Waals surface area contributed by atoms with Crippen molar-refractivity contribution in [1.29, 1.82) is 0 Å². The summed E-state index contributed by atoms with van der Waals surface area (Å²) in [7, 11) is 5.04. The van der Waals surface area contributed by atoms with E-state index in [4.69, 9.17) is 14.2 Å². The number of fused-ring (bicyclic) bond motifs is 1. The Bertz CT molecular complexity index is 1040. The largest absolute Gasteiger partial charge is 0.497 e. The second kappa shape index (κ2) is 12.7. The minimum atomic E-state index is -0.273. The van der Waals surface area contributed by atoms with E-state index in [9.17, 15) is 9.59 Å². The Morgan fingerprint density at radius 2 is 1.92 bits per heavy atom. The highest BCUT2D eigenvalue weighted by atomic mass is 16.5. The van der Waals surface area contributed by atoms with Crippen molar-refractivity contribution >= 4 is 17.5 Å². The monoisotopic (exact) mass is 497 g/mol. The van der Waals surface area contributed by atoms with Crippen LogP contribution >= 0.6 is 0 Å². The molecular weight excluding hydrogens is 458 g/mol. The van der Waals surface area contributed by atoms with Crippen LogP contribution in [-0.2, 0) is 4.74 Å². The van der Waals surface area contributed by atoms with Crippen LogP contribution in [0, 0.1) is 5.92 Å². The predicted octanol–water partition coefficient (Wildman–Crippen LogP) is 4.16. The summed E-state index contributed by atoms with van der Waals surface area (Å²) in [6, 6.07) is 12.2. The summed E-state index contributed by atoms with van der Waals surface area (Å²) in [6.07, 6.45) is 0.945. The highest BCUT2D eigenvalue weighted by molar-refractivity contribution is 6.05. The van der Waals surface area contributed by atoms with Crippen LogP contribution < -0.4 is 14.8 Å². The Hall–Kier alpha value is -3.10. The lowest BCUT2D eigenvalue weighted by molar-refractivity contribution is 0.0108. The number of hydrogen-bond acceptors (Lipinski definition) is 6. The molecule has 3 rings (SSSR count). The molecule has 36 heavy (non-hydrogen) atoms. The molecule has 8 heteroatoms. The second-order valence-electron chi connectivity index (χ2n) is 9.49. The van der Waals surface area contributed by atoms with Crippen LogP contribution in [0.4, 0.5) is 5.69 Å². The molecule has 0 aromatic heterocycles. The normalized spacial score (nSPS) is 21.6. The van der Waals surface area contributed by atoms with Crippen LogP contribution in [0.25, 0.3) is 0 Å². The summed E-state index contributed by atoms with van der Waals surface area (Å²) in [5.41, 5.74) is 1.47. The molecule has 1 aliphatic heterocycles. The summed E-state index contributed by atoms with van der Waals surface area (Å²) in [4.78, 5) is 30.3. The Morgan fingerprint density at radius 1 is 1.14 bits per heavy atom. The summed E-state index contributed by atoms with van der Waals surface area (Å²) in [5, 5.41) is 2.90. The number of rotatable bonds is 6. The van der Waals surface area contributed by atoms with Gasteiger partial charge in [0.2, 0.25) is 0 Å². The minimum absolute atomic E-state index is 0.0873. The zero-order chi connectivity index (χ0) is 26.2. The maximum atomic E-state index is 13.4. The van der Waals surface area contributed by atoms with Crippen molar-refractivity contribution in [2.75, 3.05) is 52.8 Å². The number of methoxy groups -OCH3 is 2. The van der Waals surface area contributed by atoms with Gasteiger partial charge >= 0.3 is 0 Å². The molecule has 0 spiro atoms. The fourth-order valence-corrected chi connectivity index (χ4v) is 4.49. The van der Waals surface area contributed by atoms with E-state index in [-0.39, 0.29) is 29.9 Å². The second-order valence-corrected chi connectivity index (χ2v) is 9.49. The van der Waals surface area contributed by atoms with Crippen LogP contribution in [0.3, 0.4) is 0 Å². The molecule has 2 aromatic carbocycles. The highest BCUT2D eigenvalue weighted by Gasteiger charge is 2.28. The van der Waals surface area contributed by atoms with Gasteiger partial charge in [0.25, 0.3) is 11.8 Å². The van der Waals surface area contributed by atoms with Crippen molar-refractivity contribution < 1.29 is 23.8 Å². The highest BCUT2D eigenvalue weighted by Crippen LogP contribution is 2.27. The third kappa shape index (κ3) is 6.77. The van der Waals surface area contributed by atoms with Gasteiger partial charge in [0.1, 0.15) is 18.1 Å². The number of anilines is 1. The smallest absolute Gasteiger partial charge is 0.257 e. The van der Waals surface area contributed by atoms with Gasteiger partial charge in [-0.15, -0.1) is 0 Å². The molecule has 0 fully saturated rings. The van der Waals surface area contributed by atoms with E-state index in [0.717, 1.165) is 19.5 Å². The van der Waals surface area contributed by atoms with Gasteiger partial charge in [-0.1, -0.05) is 19.9 Å². The van der Waals surface area contributed by atoms with E-state index in [1.807, 2.05) is 0 Å². The molecule has 196 valence electrons. The molecule has 8 nitrogen and oxygen atoms in total. The lowest BCUT2D eigenvalue weighted by Gasteiger charge is -2.35. The number of carbonyl (C=O) groups excluding carboxylic acids is 2. The number of likely N-dealkylation sites (N-methyl/N-ethyl adjacent to an activating group) is 1. The van der Waals surface area contributed by atoms with Gasteiger partial charge in [-0.05, 0) is 56.1 Å². The number of carbonyl (C=O) groups is 2. The third-order valence-corrected chi connectivity index (χ3v) is 6.68. The maximum Gasteiger partial charge on any atom is 0.257 e. The van der Waals surface area contributed by atoms with Crippen LogP contribution in [0.5, 0.6) is 11.5 Å². The molecule has 0 saturated carbocycles. The van der Waals surface area contributed by atoms with Gasteiger partial charge in [-0.3, -0.25) is 14.5 Å². The first-order chi connectivity index (χ1) is 17.3. The Labute approximate surface area is 214 Å². The van der Waals surface area contributed by atoms with E-state index < -0.39 is 0 Å². The lowest BCUT2D eigenvalue weighted by atomic mass is 10.0. The van der Waals surface area contributed by atoms with Gasteiger partial charge in [-0.2, -0.15) is 0 Å². The SMILES string of the molecule is CCCN1C[C@@H](C)[C@H](OC)CN(C)C(=O)c2ccc(NC(=O)c3cccc(OC)c3)cc2OC[C@@H]1C. The number of hydrogen-bond donors (Lipinski definition) is 1. The average Bonchev–Trinajstić information content (AvgIpc) is 2.89. The molecule has 3 atom stereocenters. The number of nitrogens with zero attached hydrogens (tertiary/aromatic N) is 2. The van der Waals surface area contributed by atoms with Crippen LogP contribution in [-0.4, -0.2) is 81.3 Å². The summed E-state index contributed by atoms with van der Waals surface area (Å²) < 4.78 is 17.2. The van der Waals surface area contributed by atoms with Crippen molar-refractivity contribution in [2.24, 2.45) is 5.92 Å². The molecule has 1 N–H and O–H groups in total. The Balaban J connectivity index is 1.91. The van der Waals surface area contributed by atoms with Gasteiger partial charge in [0, 0.05) is 50.6 Å². The first-order valence-electron chi connectivity index (χ1n) is 12.5.